The Morgan fingerprint density at radius 2 is 1.74 bits per heavy atom. The molecule has 1 aliphatic rings. The van der Waals surface area contributed by atoms with Crippen LogP contribution in [-0.2, 0) is 11.5 Å². The van der Waals surface area contributed by atoms with Gasteiger partial charge in [-0.3, -0.25) is 0 Å². The molecule has 4 rings (SSSR count). The van der Waals surface area contributed by atoms with Gasteiger partial charge in [0.05, 0.1) is 28.1 Å². The number of hydrogen-bond donors (Lipinski definition) is 0. The van der Waals surface area contributed by atoms with Crippen LogP contribution in [0.25, 0.3) is 11.0 Å². The molecule has 0 radical (unpaired) electrons. The quantitative estimate of drug-likeness (QED) is 0.651. The highest BCUT2D eigenvalue weighted by molar-refractivity contribution is 8.38. The molecule has 1 aromatic heterocycles. The average molecular weight is 337 g/mol. The normalized spacial score (nSPS) is 13.7. The lowest BCUT2D eigenvalue weighted by molar-refractivity contribution is 1.09. The van der Waals surface area contributed by atoms with E-state index < -0.39 is 0 Å². The molecule has 2 heterocycles. The van der Waals surface area contributed by atoms with Crippen molar-refractivity contribution in [3.8, 4) is 0 Å². The van der Waals surface area contributed by atoms with Crippen LogP contribution < -0.4 is 0 Å². The van der Waals surface area contributed by atoms with E-state index in [4.69, 9.17) is 9.98 Å². The molecule has 0 unspecified atom stereocenters. The zero-order valence-corrected chi connectivity index (χ0v) is 14.3. The molecule has 0 bridgehead atoms. The highest BCUT2D eigenvalue weighted by Gasteiger charge is 2.14. The van der Waals surface area contributed by atoms with Gasteiger partial charge in [-0.15, -0.1) is 0 Å². The lowest BCUT2D eigenvalue weighted by Gasteiger charge is -2.14. The summed E-state index contributed by atoms with van der Waals surface area (Å²) in [6, 6.07) is 16.4. The number of aryl methyl sites for hydroxylation is 1. The zero-order chi connectivity index (χ0) is 15.6. The first-order chi connectivity index (χ1) is 11.3. The summed E-state index contributed by atoms with van der Waals surface area (Å²) in [5.41, 5.74) is 6.35. The number of fused-ring (bicyclic) bond motifs is 2. The van der Waals surface area contributed by atoms with Crippen LogP contribution in [0.2, 0.25) is 0 Å². The minimum Gasteiger partial charge on any atom is -0.250 e. The first-order valence-corrected chi connectivity index (χ1v) is 9.41. The topological polar surface area (TPSA) is 38.1 Å². The van der Waals surface area contributed by atoms with Crippen LogP contribution in [0.4, 0.5) is 5.69 Å². The third-order valence-electron chi connectivity index (χ3n) is 3.73. The number of rotatable bonds is 2. The molecule has 0 fully saturated rings. The van der Waals surface area contributed by atoms with Gasteiger partial charge >= 0.3 is 0 Å². The van der Waals surface area contributed by atoms with Crippen molar-refractivity contribution in [2.75, 3.05) is 0 Å². The zero-order valence-electron chi connectivity index (χ0n) is 12.7. The molecule has 5 heteroatoms. The van der Waals surface area contributed by atoms with E-state index in [-0.39, 0.29) is 0 Å². The van der Waals surface area contributed by atoms with Crippen LogP contribution in [0, 0.1) is 6.92 Å². The fraction of sp³-hybridized carbons (Fsp3) is 0.167. The molecule has 23 heavy (non-hydrogen) atoms. The molecule has 2 aromatic carbocycles. The number of hydrogen-bond acceptors (Lipinski definition) is 5. The summed E-state index contributed by atoms with van der Waals surface area (Å²) in [6.07, 6.45) is 0. The Balaban J connectivity index is 1.56. The van der Waals surface area contributed by atoms with Gasteiger partial charge in [0.15, 0.2) is 0 Å². The van der Waals surface area contributed by atoms with Crippen LogP contribution in [-0.4, -0.2) is 14.3 Å². The molecule has 114 valence electrons. The highest BCUT2D eigenvalue weighted by Crippen LogP contribution is 2.35. The molecule has 0 atom stereocenters. The maximum Gasteiger partial charge on any atom is 0.131 e. The van der Waals surface area contributed by atoms with Crippen LogP contribution >= 0.6 is 23.5 Å². The van der Waals surface area contributed by atoms with Crippen molar-refractivity contribution < 1.29 is 0 Å². The number of para-hydroxylation sites is 3. The van der Waals surface area contributed by atoms with Crippen LogP contribution in [0.3, 0.4) is 0 Å². The lowest BCUT2D eigenvalue weighted by atomic mass is 10.2. The Labute approximate surface area is 143 Å². The largest absolute Gasteiger partial charge is 0.250 e. The maximum absolute atomic E-state index is 4.76. The highest BCUT2D eigenvalue weighted by atomic mass is 32.2. The van der Waals surface area contributed by atoms with Crippen molar-refractivity contribution in [3.63, 3.8) is 0 Å². The van der Waals surface area contributed by atoms with E-state index >= 15 is 0 Å². The van der Waals surface area contributed by atoms with Gasteiger partial charge in [0.2, 0.25) is 0 Å². The summed E-state index contributed by atoms with van der Waals surface area (Å²) in [6.45, 7) is 2.03. The standard InChI is InChI=1S/C18H15N3S2/c1-12-17(20-16-9-5-4-8-15(16)19-12)11-23-18-21-14-7-3-2-6-13(14)10-22-18/h2-9H,10-11H2,1H3. The van der Waals surface area contributed by atoms with Crippen molar-refractivity contribution in [2.24, 2.45) is 4.99 Å². The number of thioether (sulfide) groups is 2. The minimum atomic E-state index is 0.803. The Morgan fingerprint density at radius 1 is 1.00 bits per heavy atom. The van der Waals surface area contributed by atoms with Crippen molar-refractivity contribution >= 4 is 44.6 Å². The summed E-state index contributed by atoms with van der Waals surface area (Å²) in [4.78, 5) is 14.2. The van der Waals surface area contributed by atoms with Gasteiger partial charge < -0.3 is 0 Å². The van der Waals surface area contributed by atoms with Crippen LogP contribution in [0.5, 0.6) is 0 Å². The van der Waals surface area contributed by atoms with Gasteiger partial charge in [0, 0.05) is 11.5 Å². The van der Waals surface area contributed by atoms with E-state index in [2.05, 4.69) is 23.2 Å². The van der Waals surface area contributed by atoms with Crippen molar-refractivity contribution in [2.45, 2.75) is 18.4 Å². The fourth-order valence-corrected chi connectivity index (χ4v) is 4.55. The monoisotopic (exact) mass is 337 g/mol. The predicted octanol–water partition coefficient (Wildman–Crippen LogP) is 5.11. The fourth-order valence-electron chi connectivity index (χ4n) is 2.48. The van der Waals surface area contributed by atoms with Gasteiger partial charge in [0.25, 0.3) is 0 Å². The Bertz CT molecular complexity index is 906. The van der Waals surface area contributed by atoms with Crippen molar-refractivity contribution in [1.29, 1.82) is 0 Å². The molecule has 3 aromatic rings. The smallest absolute Gasteiger partial charge is 0.131 e. The molecular formula is C18H15N3S2. The molecule has 0 amide bonds. The van der Waals surface area contributed by atoms with Gasteiger partial charge in [-0.2, -0.15) is 0 Å². The first kappa shape index (κ1) is 14.7. The second kappa shape index (κ2) is 6.34. The van der Waals surface area contributed by atoms with Gasteiger partial charge in [-0.25, -0.2) is 15.0 Å². The molecule has 0 aliphatic carbocycles. The molecule has 0 N–H and O–H groups in total. The maximum atomic E-state index is 4.76. The third-order valence-corrected chi connectivity index (χ3v) is 5.99. The van der Waals surface area contributed by atoms with Crippen LogP contribution in [0.1, 0.15) is 17.0 Å². The molecule has 0 saturated heterocycles. The SMILES string of the molecule is Cc1nc2ccccc2nc1CSC1=Nc2ccccc2CS1. The van der Waals surface area contributed by atoms with Gasteiger partial charge in [0.1, 0.15) is 4.38 Å². The van der Waals surface area contributed by atoms with E-state index in [1.54, 1.807) is 23.5 Å². The lowest BCUT2D eigenvalue weighted by Crippen LogP contribution is -2.00. The molecule has 0 saturated carbocycles. The average Bonchev–Trinajstić information content (AvgIpc) is 2.59. The number of nitrogens with zero attached hydrogens (tertiary/aromatic N) is 3. The van der Waals surface area contributed by atoms with Crippen molar-refractivity contribution in [1.82, 2.24) is 9.97 Å². The summed E-state index contributed by atoms with van der Waals surface area (Å²) < 4.78 is 1.11. The summed E-state index contributed by atoms with van der Waals surface area (Å²) >= 11 is 3.55. The number of aliphatic imine (C=N–C) groups is 1. The molecular weight excluding hydrogens is 322 g/mol. The summed E-state index contributed by atoms with van der Waals surface area (Å²) in [5.74, 6) is 1.79. The molecule has 0 spiro atoms. The summed E-state index contributed by atoms with van der Waals surface area (Å²) in [7, 11) is 0. The van der Waals surface area contributed by atoms with E-state index in [9.17, 15) is 0 Å². The predicted molar refractivity (Wildman–Crippen MR) is 100 cm³/mol. The van der Waals surface area contributed by atoms with Gasteiger partial charge in [-0.1, -0.05) is 53.9 Å². The summed E-state index contributed by atoms with van der Waals surface area (Å²) in [5, 5.41) is 0. The molecule has 1 aliphatic heterocycles. The van der Waals surface area contributed by atoms with E-state index in [1.807, 2.05) is 37.3 Å². The van der Waals surface area contributed by atoms with Gasteiger partial charge in [-0.05, 0) is 30.7 Å². The van der Waals surface area contributed by atoms with Crippen LogP contribution in [0.15, 0.2) is 53.5 Å². The second-order valence-corrected chi connectivity index (χ2v) is 7.51. The van der Waals surface area contributed by atoms with Crippen molar-refractivity contribution in [3.05, 3.63) is 65.5 Å². The first-order valence-electron chi connectivity index (χ1n) is 7.44. The van der Waals surface area contributed by atoms with E-state index in [0.29, 0.717) is 0 Å². The number of aromatic nitrogens is 2. The Kier molecular flexibility index (Phi) is 4.06. The molecule has 3 nitrogen and oxygen atoms in total. The van der Waals surface area contributed by atoms with E-state index in [0.717, 1.165) is 44.0 Å². The third kappa shape index (κ3) is 3.12. The van der Waals surface area contributed by atoms with E-state index in [1.165, 1.54) is 5.56 Å². The Hall–Kier alpha value is -1.85. The number of benzene rings is 2. The minimum absolute atomic E-state index is 0.803. The second-order valence-electron chi connectivity index (χ2n) is 5.33. The Morgan fingerprint density at radius 3 is 2.61 bits per heavy atom.